The number of nitrogens with one attached hydrogen (secondary N) is 2. The molecule has 1 aromatic carbocycles. The van der Waals surface area contributed by atoms with Crippen molar-refractivity contribution in [3.8, 4) is 5.75 Å². The molecule has 0 unspecified atom stereocenters. The van der Waals surface area contributed by atoms with Gasteiger partial charge < -0.3 is 15.4 Å². The molecule has 22 heavy (non-hydrogen) atoms. The molecule has 0 saturated carbocycles. The van der Waals surface area contributed by atoms with Gasteiger partial charge in [0, 0.05) is 13.1 Å². The van der Waals surface area contributed by atoms with E-state index in [9.17, 15) is 4.79 Å². The number of hydrogen-bond acceptors (Lipinski definition) is 5. The molecule has 0 aliphatic rings. The number of carbonyl (C=O) groups is 1. The monoisotopic (exact) mass is 300 g/mol. The highest BCUT2D eigenvalue weighted by atomic mass is 16.5. The second kappa shape index (κ2) is 7.97. The van der Waals surface area contributed by atoms with E-state index in [1.165, 1.54) is 0 Å². The number of anilines is 1. The highest BCUT2D eigenvalue weighted by molar-refractivity contribution is 5.80. The van der Waals surface area contributed by atoms with Gasteiger partial charge in [-0.15, -0.1) is 5.10 Å². The van der Waals surface area contributed by atoms with Gasteiger partial charge >= 0.3 is 0 Å². The van der Waals surface area contributed by atoms with Gasteiger partial charge in [0.2, 0.25) is 0 Å². The number of aryl methyl sites for hydroxylation is 1. The van der Waals surface area contributed by atoms with Crippen LogP contribution in [-0.4, -0.2) is 35.3 Å². The number of hydrogen-bond donors (Lipinski definition) is 2. The largest absolute Gasteiger partial charge is 0.481 e. The molecule has 116 valence electrons. The first-order valence-electron chi connectivity index (χ1n) is 7.19. The first-order chi connectivity index (χ1) is 10.6. The molecule has 0 fully saturated rings. The van der Waals surface area contributed by atoms with Crippen molar-refractivity contribution in [2.24, 2.45) is 0 Å². The molecule has 1 amide bonds. The SMILES string of the molecule is Cc1ccc(NCCNC(=O)[C@H](C)Oc2ccccc2)nn1. The summed E-state index contributed by atoms with van der Waals surface area (Å²) in [4.78, 5) is 11.9. The fourth-order valence-electron chi connectivity index (χ4n) is 1.77. The van der Waals surface area contributed by atoms with Crippen LogP contribution < -0.4 is 15.4 Å². The van der Waals surface area contributed by atoms with E-state index in [0.717, 1.165) is 5.69 Å². The quantitative estimate of drug-likeness (QED) is 0.762. The molecule has 1 aromatic heterocycles. The smallest absolute Gasteiger partial charge is 0.260 e. The third-order valence-corrected chi connectivity index (χ3v) is 2.95. The molecule has 2 aromatic rings. The summed E-state index contributed by atoms with van der Waals surface area (Å²) in [5.74, 6) is 1.22. The van der Waals surface area contributed by atoms with Crippen LogP contribution in [-0.2, 0) is 4.79 Å². The maximum atomic E-state index is 11.9. The predicted molar refractivity (Wildman–Crippen MR) is 84.8 cm³/mol. The van der Waals surface area contributed by atoms with Gasteiger partial charge in [0.05, 0.1) is 5.69 Å². The van der Waals surface area contributed by atoms with E-state index in [4.69, 9.17) is 4.74 Å². The van der Waals surface area contributed by atoms with Crippen LogP contribution >= 0.6 is 0 Å². The van der Waals surface area contributed by atoms with Crippen LogP contribution in [0.5, 0.6) is 5.75 Å². The summed E-state index contributed by atoms with van der Waals surface area (Å²) in [5, 5.41) is 13.8. The van der Waals surface area contributed by atoms with Gasteiger partial charge in [-0.25, -0.2) is 0 Å². The van der Waals surface area contributed by atoms with Gasteiger partial charge in [0.25, 0.3) is 5.91 Å². The van der Waals surface area contributed by atoms with Crippen molar-refractivity contribution in [1.29, 1.82) is 0 Å². The molecular weight excluding hydrogens is 280 g/mol. The van der Waals surface area contributed by atoms with Crippen molar-refractivity contribution >= 4 is 11.7 Å². The lowest BCUT2D eigenvalue weighted by Crippen LogP contribution is -2.38. The number of ether oxygens (including phenoxy) is 1. The van der Waals surface area contributed by atoms with E-state index in [2.05, 4.69) is 20.8 Å². The summed E-state index contributed by atoms with van der Waals surface area (Å²) in [6.07, 6.45) is -0.540. The average molecular weight is 300 g/mol. The Morgan fingerprint density at radius 3 is 2.59 bits per heavy atom. The van der Waals surface area contributed by atoms with E-state index in [1.807, 2.05) is 49.4 Å². The zero-order valence-electron chi connectivity index (χ0n) is 12.7. The number of benzene rings is 1. The Morgan fingerprint density at radius 1 is 1.14 bits per heavy atom. The maximum absolute atomic E-state index is 11.9. The minimum absolute atomic E-state index is 0.152. The number of amides is 1. The Kier molecular flexibility index (Phi) is 5.71. The maximum Gasteiger partial charge on any atom is 0.260 e. The molecular formula is C16H20N4O2. The molecule has 0 radical (unpaired) electrons. The Bertz CT molecular complexity index is 587. The van der Waals surface area contributed by atoms with E-state index in [1.54, 1.807) is 6.92 Å². The van der Waals surface area contributed by atoms with Crippen LogP contribution in [0.1, 0.15) is 12.6 Å². The summed E-state index contributed by atoms with van der Waals surface area (Å²) in [6, 6.07) is 13.0. The minimum atomic E-state index is -0.540. The molecule has 6 nitrogen and oxygen atoms in total. The third-order valence-electron chi connectivity index (χ3n) is 2.95. The lowest BCUT2D eigenvalue weighted by atomic mass is 10.3. The molecule has 0 bridgehead atoms. The standard InChI is InChI=1S/C16H20N4O2/c1-12-8-9-15(20-19-12)17-10-11-18-16(21)13(2)22-14-6-4-3-5-7-14/h3-9,13H,10-11H2,1-2H3,(H,17,20)(H,18,21)/t13-/m0/s1. The lowest BCUT2D eigenvalue weighted by molar-refractivity contribution is -0.127. The predicted octanol–water partition coefficient (Wildman–Crippen LogP) is 1.78. The van der Waals surface area contributed by atoms with E-state index in [-0.39, 0.29) is 5.91 Å². The molecule has 1 heterocycles. The average Bonchev–Trinajstić information content (AvgIpc) is 2.54. The number of aromatic nitrogens is 2. The number of rotatable bonds is 7. The number of nitrogens with zero attached hydrogens (tertiary/aromatic N) is 2. The van der Waals surface area contributed by atoms with Gasteiger partial charge in [-0.05, 0) is 38.1 Å². The molecule has 0 aliphatic heterocycles. The lowest BCUT2D eigenvalue weighted by Gasteiger charge is -2.14. The van der Waals surface area contributed by atoms with Gasteiger partial charge in [-0.2, -0.15) is 5.10 Å². The first-order valence-corrected chi connectivity index (χ1v) is 7.19. The van der Waals surface area contributed by atoms with Crippen LogP contribution in [0.25, 0.3) is 0 Å². The van der Waals surface area contributed by atoms with Crippen molar-refractivity contribution in [3.05, 3.63) is 48.2 Å². The van der Waals surface area contributed by atoms with Crippen LogP contribution in [0.15, 0.2) is 42.5 Å². The van der Waals surface area contributed by atoms with Crippen LogP contribution in [0.3, 0.4) is 0 Å². The van der Waals surface area contributed by atoms with Crippen LogP contribution in [0.2, 0.25) is 0 Å². The Labute approximate surface area is 129 Å². The van der Waals surface area contributed by atoms with Crippen molar-refractivity contribution < 1.29 is 9.53 Å². The molecule has 0 saturated heterocycles. The molecule has 1 atom stereocenters. The number of carbonyl (C=O) groups excluding carboxylic acids is 1. The highest BCUT2D eigenvalue weighted by Gasteiger charge is 2.13. The second-order valence-electron chi connectivity index (χ2n) is 4.85. The summed E-state index contributed by atoms with van der Waals surface area (Å²) in [6.45, 7) is 4.66. The fraction of sp³-hybridized carbons (Fsp3) is 0.312. The van der Waals surface area contributed by atoms with Gasteiger partial charge in [-0.3, -0.25) is 4.79 Å². The Morgan fingerprint density at radius 2 is 1.91 bits per heavy atom. The Hall–Kier alpha value is -2.63. The highest BCUT2D eigenvalue weighted by Crippen LogP contribution is 2.10. The van der Waals surface area contributed by atoms with Gasteiger partial charge in [0.1, 0.15) is 11.6 Å². The molecule has 6 heteroatoms. The first kappa shape index (κ1) is 15.8. The van der Waals surface area contributed by atoms with E-state index < -0.39 is 6.10 Å². The van der Waals surface area contributed by atoms with Crippen LogP contribution in [0, 0.1) is 6.92 Å². The zero-order chi connectivity index (χ0) is 15.8. The van der Waals surface area contributed by atoms with Crippen molar-refractivity contribution in [2.75, 3.05) is 18.4 Å². The summed E-state index contributed by atoms with van der Waals surface area (Å²) >= 11 is 0. The molecule has 0 spiro atoms. The molecule has 2 N–H and O–H groups in total. The minimum Gasteiger partial charge on any atom is -0.481 e. The third kappa shape index (κ3) is 5.05. The van der Waals surface area contributed by atoms with E-state index >= 15 is 0 Å². The normalized spacial score (nSPS) is 11.5. The van der Waals surface area contributed by atoms with Gasteiger partial charge in [0.15, 0.2) is 6.10 Å². The van der Waals surface area contributed by atoms with E-state index in [0.29, 0.717) is 24.7 Å². The summed E-state index contributed by atoms with van der Waals surface area (Å²) in [5.41, 5.74) is 0.866. The van der Waals surface area contributed by atoms with Crippen molar-refractivity contribution in [2.45, 2.75) is 20.0 Å². The van der Waals surface area contributed by atoms with Crippen molar-refractivity contribution in [1.82, 2.24) is 15.5 Å². The van der Waals surface area contributed by atoms with Gasteiger partial charge in [-0.1, -0.05) is 18.2 Å². The van der Waals surface area contributed by atoms with Crippen LogP contribution in [0.4, 0.5) is 5.82 Å². The summed E-state index contributed by atoms with van der Waals surface area (Å²) < 4.78 is 5.55. The fourth-order valence-corrected chi connectivity index (χ4v) is 1.77. The molecule has 2 rings (SSSR count). The zero-order valence-corrected chi connectivity index (χ0v) is 12.7. The summed E-state index contributed by atoms with van der Waals surface area (Å²) in [7, 11) is 0. The topological polar surface area (TPSA) is 76.1 Å². The molecule has 0 aliphatic carbocycles. The second-order valence-corrected chi connectivity index (χ2v) is 4.85. The Balaban J connectivity index is 1.67. The number of para-hydroxylation sites is 1. The van der Waals surface area contributed by atoms with Crippen molar-refractivity contribution in [3.63, 3.8) is 0 Å².